The van der Waals surface area contributed by atoms with E-state index in [1.54, 1.807) is 6.92 Å². The molecule has 0 amide bonds. The van der Waals surface area contributed by atoms with Crippen molar-refractivity contribution in [3.05, 3.63) is 35.9 Å². The van der Waals surface area contributed by atoms with Gasteiger partial charge in [0.2, 0.25) is 0 Å². The molecule has 22 heavy (non-hydrogen) atoms. The number of carbonyl (C=O) groups is 2. The van der Waals surface area contributed by atoms with Gasteiger partial charge in [-0.05, 0) is 38.8 Å². The molecule has 3 atom stereocenters. The van der Waals surface area contributed by atoms with Crippen LogP contribution >= 0.6 is 0 Å². The van der Waals surface area contributed by atoms with Gasteiger partial charge in [0, 0.05) is 18.5 Å². The zero-order valence-corrected chi connectivity index (χ0v) is 13.4. The number of esters is 1. The lowest BCUT2D eigenvalue weighted by molar-refractivity contribution is -0.151. The van der Waals surface area contributed by atoms with E-state index in [9.17, 15) is 9.59 Å². The molecule has 120 valence electrons. The molecule has 1 fully saturated rings. The molecular formula is C18H25NO3. The Morgan fingerprint density at radius 2 is 2.14 bits per heavy atom. The van der Waals surface area contributed by atoms with Crippen LogP contribution in [0.25, 0.3) is 0 Å². The smallest absolute Gasteiger partial charge is 0.310 e. The van der Waals surface area contributed by atoms with Crippen LogP contribution in [0.15, 0.2) is 30.3 Å². The van der Waals surface area contributed by atoms with E-state index in [1.165, 1.54) is 5.56 Å². The second kappa shape index (κ2) is 8.08. The van der Waals surface area contributed by atoms with Crippen LogP contribution in [0.2, 0.25) is 0 Å². The largest absolute Gasteiger partial charge is 0.466 e. The Kier molecular flexibility index (Phi) is 6.13. The molecule has 0 aliphatic carbocycles. The number of hydrogen-bond donors (Lipinski definition) is 0. The van der Waals surface area contributed by atoms with Gasteiger partial charge in [-0.3, -0.25) is 9.69 Å². The molecule has 1 aromatic carbocycles. The lowest BCUT2D eigenvalue weighted by Gasteiger charge is -2.34. The molecule has 0 spiro atoms. The third kappa shape index (κ3) is 3.74. The van der Waals surface area contributed by atoms with Gasteiger partial charge in [-0.25, -0.2) is 0 Å². The summed E-state index contributed by atoms with van der Waals surface area (Å²) in [5.74, 6) is -0.599. The van der Waals surface area contributed by atoms with Crippen LogP contribution in [-0.4, -0.2) is 36.3 Å². The minimum Gasteiger partial charge on any atom is -0.466 e. The van der Waals surface area contributed by atoms with Crippen LogP contribution in [0.4, 0.5) is 0 Å². The van der Waals surface area contributed by atoms with E-state index in [0.29, 0.717) is 6.61 Å². The van der Waals surface area contributed by atoms with Gasteiger partial charge >= 0.3 is 5.97 Å². The topological polar surface area (TPSA) is 46.6 Å². The molecule has 1 heterocycles. The summed E-state index contributed by atoms with van der Waals surface area (Å²) < 4.78 is 5.18. The average Bonchev–Trinajstić information content (AvgIpc) is 3.02. The zero-order valence-electron chi connectivity index (χ0n) is 13.4. The third-order valence-electron chi connectivity index (χ3n) is 4.53. The van der Waals surface area contributed by atoms with Crippen molar-refractivity contribution < 1.29 is 14.3 Å². The zero-order chi connectivity index (χ0) is 15.9. The number of ether oxygens (including phenoxy) is 1. The molecule has 2 rings (SSSR count). The summed E-state index contributed by atoms with van der Waals surface area (Å²) in [4.78, 5) is 25.6. The summed E-state index contributed by atoms with van der Waals surface area (Å²) in [6, 6.07) is 10.6. The molecule has 1 saturated heterocycles. The molecule has 0 unspecified atom stereocenters. The Morgan fingerprint density at radius 1 is 1.41 bits per heavy atom. The van der Waals surface area contributed by atoms with Crippen LogP contribution in [0.5, 0.6) is 0 Å². The Labute approximate surface area is 132 Å². The maximum atomic E-state index is 12.2. The van der Waals surface area contributed by atoms with E-state index < -0.39 is 0 Å². The van der Waals surface area contributed by atoms with Crippen molar-refractivity contribution in [2.24, 2.45) is 5.92 Å². The van der Waals surface area contributed by atoms with Gasteiger partial charge in [0.25, 0.3) is 0 Å². The number of rotatable bonds is 7. The van der Waals surface area contributed by atoms with E-state index in [-0.39, 0.29) is 30.4 Å². The van der Waals surface area contributed by atoms with E-state index in [1.807, 2.05) is 18.2 Å². The molecule has 1 aliphatic heterocycles. The lowest BCUT2D eigenvalue weighted by Crippen LogP contribution is -2.41. The van der Waals surface area contributed by atoms with Crippen LogP contribution in [0, 0.1) is 5.92 Å². The summed E-state index contributed by atoms with van der Waals surface area (Å²) >= 11 is 0. The minimum atomic E-state index is -0.355. The quantitative estimate of drug-likeness (QED) is 0.574. The fourth-order valence-electron chi connectivity index (χ4n) is 3.41. The number of hydrogen-bond acceptors (Lipinski definition) is 4. The molecular weight excluding hydrogens is 278 g/mol. The summed E-state index contributed by atoms with van der Waals surface area (Å²) in [7, 11) is 0. The van der Waals surface area contributed by atoms with Gasteiger partial charge in [0.1, 0.15) is 6.29 Å². The van der Waals surface area contributed by atoms with Gasteiger partial charge in [0.15, 0.2) is 0 Å². The second-order valence-electron chi connectivity index (χ2n) is 5.79. The summed E-state index contributed by atoms with van der Waals surface area (Å²) in [5, 5.41) is 0. The van der Waals surface area contributed by atoms with Crippen molar-refractivity contribution >= 4 is 12.3 Å². The Morgan fingerprint density at radius 3 is 2.77 bits per heavy atom. The van der Waals surface area contributed by atoms with Gasteiger partial charge in [0.05, 0.1) is 12.5 Å². The molecule has 1 aliphatic rings. The molecule has 0 radical (unpaired) electrons. The highest BCUT2D eigenvalue weighted by atomic mass is 16.5. The number of benzene rings is 1. The van der Waals surface area contributed by atoms with Gasteiger partial charge < -0.3 is 9.53 Å². The van der Waals surface area contributed by atoms with Crippen LogP contribution < -0.4 is 0 Å². The highest BCUT2D eigenvalue weighted by Gasteiger charge is 2.38. The average molecular weight is 303 g/mol. The third-order valence-corrected chi connectivity index (χ3v) is 4.53. The molecule has 0 aromatic heterocycles. The summed E-state index contributed by atoms with van der Waals surface area (Å²) in [5.41, 5.74) is 1.24. The number of likely N-dealkylation sites (tertiary alicyclic amines) is 1. The van der Waals surface area contributed by atoms with Crippen molar-refractivity contribution in [1.29, 1.82) is 0 Å². The maximum absolute atomic E-state index is 12.2. The van der Waals surface area contributed by atoms with Crippen molar-refractivity contribution in [3.8, 4) is 0 Å². The van der Waals surface area contributed by atoms with Gasteiger partial charge in [-0.2, -0.15) is 0 Å². The van der Waals surface area contributed by atoms with Gasteiger partial charge in [-0.15, -0.1) is 0 Å². The first-order chi connectivity index (χ1) is 10.7. The first-order valence-electron chi connectivity index (χ1n) is 8.10. The van der Waals surface area contributed by atoms with Gasteiger partial charge in [-0.1, -0.05) is 30.3 Å². The summed E-state index contributed by atoms with van der Waals surface area (Å²) in [6.45, 7) is 5.27. The molecule has 0 bridgehead atoms. The van der Waals surface area contributed by atoms with E-state index in [2.05, 4.69) is 24.0 Å². The number of carbonyl (C=O) groups excluding carboxylic acids is 2. The molecule has 0 N–H and O–H groups in total. The Bertz CT molecular complexity index is 488. The first kappa shape index (κ1) is 16.7. The van der Waals surface area contributed by atoms with Crippen molar-refractivity contribution in [1.82, 2.24) is 4.90 Å². The molecule has 1 aromatic rings. The predicted octanol–water partition coefficient (Wildman–Crippen LogP) is 2.98. The molecule has 0 saturated carbocycles. The first-order valence-corrected chi connectivity index (χ1v) is 8.10. The lowest BCUT2D eigenvalue weighted by atomic mass is 9.93. The fourth-order valence-corrected chi connectivity index (χ4v) is 3.41. The van der Waals surface area contributed by atoms with Crippen molar-refractivity contribution in [3.63, 3.8) is 0 Å². The number of aldehydes is 1. The fraction of sp³-hybridized carbons (Fsp3) is 0.556. The normalized spacial score (nSPS) is 21.3. The standard InChI is InChI=1S/C18H25NO3/c1-3-22-18(21)16(11-13-20)17-10-7-12-19(17)14(2)15-8-5-4-6-9-15/h4-6,8-9,13-14,16-17H,3,7,10-12H2,1-2H3/t14-,16+,17+/m0/s1. The Hall–Kier alpha value is -1.68. The van der Waals surface area contributed by atoms with Crippen LogP contribution in [-0.2, 0) is 14.3 Å². The highest BCUT2D eigenvalue weighted by Crippen LogP contribution is 2.34. The van der Waals surface area contributed by atoms with Crippen LogP contribution in [0.3, 0.4) is 0 Å². The molecule has 4 heteroatoms. The summed E-state index contributed by atoms with van der Waals surface area (Å²) in [6.07, 6.45) is 3.07. The minimum absolute atomic E-state index is 0.0828. The maximum Gasteiger partial charge on any atom is 0.310 e. The van der Waals surface area contributed by atoms with Crippen molar-refractivity contribution in [2.45, 2.75) is 45.2 Å². The van der Waals surface area contributed by atoms with E-state index >= 15 is 0 Å². The van der Waals surface area contributed by atoms with Crippen LogP contribution in [0.1, 0.15) is 44.7 Å². The monoisotopic (exact) mass is 303 g/mol. The molecule has 4 nitrogen and oxygen atoms in total. The highest BCUT2D eigenvalue weighted by molar-refractivity contribution is 5.76. The van der Waals surface area contributed by atoms with E-state index in [0.717, 1.165) is 25.7 Å². The van der Waals surface area contributed by atoms with Crippen molar-refractivity contribution in [2.75, 3.05) is 13.2 Å². The Balaban J connectivity index is 2.17. The second-order valence-corrected chi connectivity index (χ2v) is 5.79. The van der Waals surface area contributed by atoms with E-state index in [4.69, 9.17) is 4.74 Å². The SMILES string of the molecule is CCOC(=O)[C@H](CC=O)[C@H]1CCCN1[C@@H](C)c1ccccc1. The number of nitrogens with zero attached hydrogens (tertiary/aromatic N) is 1. The predicted molar refractivity (Wildman–Crippen MR) is 85.4 cm³/mol.